The van der Waals surface area contributed by atoms with Gasteiger partial charge >= 0.3 is 0 Å². The summed E-state index contributed by atoms with van der Waals surface area (Å²) in [4.78, 5) is 25.9. The third-order valence-electron chi connectivity index (χ3n) is 4.93. The predicted molar refractivity (Wildman–Crippen MR) is 96.2 cm³/mol. The Morgan fingerprint density at radius 3 is 2.44 bits per heavy atom. The smallest absolute Gasteiger partial charge is 0.250 e. The standard InChI is InChI=1S/C20H24N2O3/c23-18(14-16-6-2-1-3-7-16)17-9-12-21(13-10-17)20(25)15-22-11-5-4-8-19(22)24/h1-8,11,17-18,23H,9-10,12-15H2/t18-/m1/s1. The van der Waals surface area contributed by atoms with E-state index in [4.69, 9.17) is 0 Å². The number of pyridine rings is 1. The van der Waals surface area contributed by atoms with Crippen LogP contribution in [-0.4, -0.2) is 39.7 Å². The summed E-state index contributed by atoms with van der Waals surface area (Å²) in [5, 5.41) is 10.5. The lowest BCUT2D eigenvalue weighted by molar-refractivity contribution is -0.133. The van der Waals surface area contributed by atoms with E-state index in [1.807, 2.05) is 30.3 Å². The van der Waals surface area contributed by atoms with Crippen LogP contribution in [0.1, 0.15) is 18.4 Å². The first-order valence-corrected chi connectivity index (χ1v) is 8.79. The predicted octanol–water partition coefficient (Wildman–Crippen LogP) is 1.69. The van der Waals surface area contributed by atoms with Gasteiger partial charge in [-0.25, -0.2) is 0 Å². The minimum Gasteiger partial charge on any atom is -0.392 e. The van der Waals surface area contributed by atoms with Crippen molar-refractivity contribution in [2.75, 3.05) is 13.1 Å². The first-order valence-electron chi connectivity index (χ1n) is 8.79. The maximum Gasteiger partial charge on any atom is 0.250 e. The third kappa shape index (κ3) is 4.57. The number of carbonyl (C=O) groups excluding carboxylic acids is 1. The molecule has 1 aromatic heterocycles. The quantitative estimate of drug-likeness (QED) is 0.901. The first kappa shape index (κ1) is 17.4. The highest BCUT2D eigenvalue weighted by atomic mass is 16.3. The number of aliphatic hydroxyl groups is 1. The van der Waals surface area contributed by atoms with E-state index in [2.05, 4.69) is 0 Å². The van der Waals surface area contributed by atoms with Gasteiger partial charge in [0.2, 0.25) is 5.91 Å². The normalized spacial score (nSPS) is 16.6. The number of likely N-dealkylation sites (tertiary alicyclic amines) is 1. The number of amides is 1. The van der Waals surface area contributed by atoms with E-state index in [0.29, 0.717) is 19.5 Å². The average molecular weight is 340 g/mol. The fourth-order valence-corrected chi connectivity index (χ4v) is 3.39. The molecule has 1 aliphatic heterocycles. The molecule has 5 heteroatoms. The summed E-state index contributed by atoms with van der Waals surface area (Å²) in [7, 11) is 0. The fraction of sp³-hybridized carbons (Fsp3) is 0.400. The van der Waals surface area contributed by atoms with Crippen LogP contribution in [0.15, 0.2) is 59.5 Å². The van der Waals surface area contributed by atoms with Crippen LogP contribution in [0.25, 0.3) is 0 Å². The Morgan fingerprint density at radius 2 is 1.76 bits per heavy atom. The summed E-state index contributed by atoms with van der Waals surface area (Å²) in [5.74, 6) is 0.174. The van der Waals surface area contributed by atoms with Gasteiger partial charge in [0.25, 0.3) is 5.56 Å². The molecule has 0 saturated carbocycles. The van der Waals surface area contributed by atoms with Crippen molar-refractivity contribution in [3.05, 3.63) is 70.6 Å². The number of hydrogen-bond donors (Lipinski definition) is 1. The molecule has 1 N–H and O–H groups in total. The number of carbonyl (C=O) groups is 1. The molecule has 1 aliphatic rings. The highest BCUT2D eigenvalue weighted by molar-refractivity contribution is 5.76. The van der Waals surface area contributed by atoms with E-state index < -0.39 is 0 Å². The van der Waals surface area contributed by atoms with Crippen LogP contribution in [0.5, 0.6) is 0 Å². The summed E-state index contributed by atoms with van der Waals surface area (Å²) in [6.07, 6.45) is 3.50. The molecule has 1 aromatic carbocycles. The van der Waals surface area contributed by atoms with E-state index in [-0.39, 0.29) is 30.0 Å². The molecule has 1 atom stereocenters. The molecule has 132 valence electrons. The van der Waals surface area contributed by atoms with Crippen molar-refractivity contribution < 1.29 is 9.90 Å². The Bertz CT molecular complexity index is 749. The van der Waals surface area contributed by atoms with Gasteiger partial charge in [0, 0.05) is 25.4 Å². The highest BCUT2D eigenvalue weighted by Crippen LogP contribution is 2.23. The van der Waals surface area contributed by atoms with Gasteiger partial charge < -0.3 is 14.6 Å². The summed E-state index contributed by atoms with van der Waals surface area (Å²) >= 11 is 0. The second-order valence-corrected chi connectivity index (χ2v) is 6.64. The first-order chi connectivity index (χ1) is 12.1. The molecule has 0 unspecified atom stereocenters. The maximum atomic E-state index is 12.4. The Labute approximate surface area is 147 Å². The van der Waals surface area contributed by atoms with Crippen molar-refractivity contribution >= 4 is 5.91 Å². The second-order valence-electron chi connectivity index (χ2n) is 6.64. The average Bonchev–Trinajstić information content (AvgIpc) is 2.64. The Balaban J connectivity index is 1.50. The van der Waals surface area contributed by atoms with Crippen molar-refractivity contribution in [2.24, 2.45) is 5.92 Å². The van der Waals surface area contributed by atoms with Crippen LogP contribution < -0.4 is 5.56 Å². The molecule has 1 saturated heterocycles. The van der Waals surface area contributed by atoms with E-state index in [1.165, 1.54) is 10.6 Å². The Morgan fingerprint density at radius 1 is 1.08 bits per heavy atom. The van der Waals surface area contributed by atoms with Crippen LogP contribution in [0.3, 0.4) is 0 Å². The third-order valence-corrected chi connectivity index (χ3v) is 4.93. The van der Waals surface area contributed by atoms with Crippen LogP contribution in [-0.2, 0) is 17.8 Å². The molecule has 25 heavy (non-hydrogen) atoms. The SMILES string of the molecule is O=C(Cn1ccccc1=O)N1CCC([C@H](O)Cc2ccccc2)CC1. The number of nitrogens with zero attached hydrogens (tertiary/aromatic N) is 2. The molecular weight excluding hydrogens is 316 g/mol. The van der Waals surface area contributed by atoms with Crippen molar-refractivity contribution in [1.82, 2.24) is 9.47 Å². The number of benzene rings is 1. The van der Waals surface area contributed by atoms with Crippen molar-refractivity contribution in [3.63, 3.8) is 0 Å². The molecule has 5 nitrogen and oxygen atoms in total. The van der Waals surface area contributed by atoms with Gasteiger partial charge in [-0.05, 0) is 36.8 Å². The topological polar surface area (TPSA) is 62.5 Å². The van der Waals surface area contributed by atoms with Gasteiger partial charge in [-0.3, -0.25) is 9.59 Å². The molecule has 3 rings (SSSR count). The van der Waals surface area contributed by atoms with Gasteiger partial charge in [-0.2, -0.15) is 0 Å². The number of piperidine rings is 1. The lowest BCUT2D eigenvalue weighted by Gasteiger charge is -2.34. The number of hydrogen-bond acceptors (Lipinski definition) is 3. The molecule has 1 fully saturated rings. The van der Waals surface area contributed by atoms with Crippen LogP contribution in [0, 0.1) is 5.92 Å². The monoisotopic (exact) mass is 340 g/mol. The van der Waals surface area contributed by atoms with Gasteiger partial charge in [-0.15, -0.1) is 0 Å². The number of aromatic nitrogens is 1. The molecule has 1 amide bonds. The molecule has 2 aromatic rings. The lowest BCUT2D eigenvalue weighted by atomic mass is 9.88. The van der Waals surface area contributed by atoms with Crippen molar-refractivity contribution in [1.29, 1.82) is 0 Å². The zero-order valence-electron chi connectivity index (χ0n) is 14.3. The fourth-order valence-electron chi connectivity index (χ4n) is 3.39. The summed E-state index contributed by atoms with van der Waals surface area (Å²) < 4.78 is 1.43. The van der Waals surface area contributed by atoms with E-state index >= 15 is 0 Å². The van der Waals surface area contributed by atoms with E-state index in [9.17, 15) is 14.7 Å². The van der Waals surface area contributed by atoms with E-state index in [0.717, 1.165) is 18.4 Å². The molecule has 0 aliphatic carbocycles. The molecule has 0 spiro atoms. The van der Waals surface area contributed by atoms with Crippen LogP contribution in [0.2, 0.25) is 0 Å². The van der Waals surface area contributed by atoms with E-state index in [1.54, 1.807) is 23.2 Å². The maximum absolute atomic E-state index is 12.4. The molecule has 0 bridgehead atoms. The summed E-state index contributed by atoms with van der Waals surface area (Å²) in [5.41, 5.74) is 0.973. The molecular formula is C20H24N2O3. The minimum absolute atomic E-state index is 0.0377. The number of rotatable bonds is 5. The van der Waals surface area contributed by atoms with Crippen molar-refractivity contribution in [3.8, 4) is 0 Å². The van der Waals surface area contributed by atoms with Gasteiger partial charge in [0.1, 0.15) is 6.54 Å². The number of aliphatic hydroxyl groups excluding tert-OH is 1. The zero-order chi connectivity index (χ0) is 17.6. The van der Waals surface area contributed by atoms with Crippen LogP contribution in [0.4, 0.5) is 0 Å². The zero-order valence-corrected chi connectivity index (χ0v) is 14.3. The van der Waals surface area contributed by atoms with Crippen molar-refractivity contribution in [2.45, 2.75) is 31.9 Å². The van der Waals surface area contributed by atoms with Crippen LogP contribution >= 0.6 is 0 Å². The minimum atomic E-state index is -0.378. The Kier molecular flexibility index (Phi) is 5.66. The van der Waals surface area contributed by atoms with Gasteiger partial charge in [-0.1, -0.05) is 36.4 Å². The summed E-state index contributed by atoms with van der Waals surface area (Å²) in [6, 6.07) is 14.9. The second kappa shape index (κ2) is 8.12. The largest absolute Gasteiger partial charge is 0.392 e. The molecule has 0 radical (unpaired) electrons. The highest BCUT2D eigenvalue weighted by Gasteiger charge is 2.27. The Hall–Kier alpha value is -2.40. The summed E-state index contributed by atoms with van der Waals surface area (Å²) in [6.45, 7) is 1.35. The lowest BCUT2D eigenvalue weighted by Crippen LogP contribution is -2.43. The molecule has 2 heterocycles. The van der Waals surface area contributed by atoms with Gasteiger partial charge in [0.15, 0.2) is 0 Å². The van der Waals surface area contributed by atoms with Gasteiger partial charge in [0.05, 0.1) is 6.10 Å².